The average molecular weight is 131 g/mol. The molecule has 0 aromatic heterocycles. The van der Waals surface area contributed by atoms with Gasteiger partial charge in [0.2, 0.25) is 0 Å². The Morgan fingerprint density at radius 3 is 1.00 bits per heavy atom. The molecule has 0 saturated carbocycles. The summed E-state index contributed by atoms with van der Waals surface area (Å²) in [6.45, 7) is 0. The number of rotatable bonds is 0. The van der Waals surface area contributed by atoms with Crippen molar-refractivity contribution in [1.29, 1.82) is 0 Å². The topological polar surface area (TPSA) is 31.5 Å². The summed E-state index contributed by atoms with van der Waals surface area (Å²) < 4.78 is 0. The Morgan fingerprint density at radius 2 is 1.00 bits per heavy atom. The molecule has 0 aliphatic heterocycles. The van der Waals surface area contributed by atoms with E-state index in [-0.39, 0.29) is 70.9 Å². The molecule has 0 aliphatic carbocycles. The fraction of sp³-hybridized carbons (Fsp3) is 0. The van der Waals surface area contributed by atoms with Crippen LogP contribution in [0.15, 0.2) is 0 Å². The van der Waals surface area contributed by atoms with Gasteiger partial charge in [-0.2, -0.15) is 0 Å². The molecule has 0 amide bonds. The van der Waals surface area contributed by atoms with Crippen LogP contribution in [0, 0.1) is 0 Å². The molecule has 0 rings (SSSR count). The predicted molar refractivity (Wildman–Crippen MR) is 11.6 cm³/mol. The summed E-state index contributed by atoms with van der Waals surface area (Å²) in [5.74, 6) is 0. The van der Waals surface area contributed by atoms with Crippen molar-refractivity contribution in [2.75, 3.05) is 0 Å². The normalized spacial score (nSPS) is 0. The van der Waals surface area contributed by atoms with Gasteiger partial charge in [0.25, 0.3) is 0 Å². The summed E-state index contributed by atoms with van der Waals surface area (Å²) in [6, 6.07) is 0. The van der Waals surface area contributed by atoms with Gasteiger partial charge in [0.15, 0.2) is 0 Å². The quantitative estimate of drug-likeness (QED) is 0.293. The van der Waals surface area contributed by atoms with Crippen molar-refractivity contribution in [3.05, 3.63) is 0 Å². The first kappa shape index (κ1) is 41.3. The summed E-state index contributed by atoms with van der Waals surface area (Å²) in [5, 5.41) is 0. The molecule has 0 bridgehead atoms. The molecule has 0 aromatic carbocycles. The first-order valence-corrected chi connectivity index (χ1v) is 0. The summed E-state index contributed by atoms with van der Waals surface area (Å²) in [4.78, 5) is 0. The number of hydrogen-bond acceptors (Lipinski definition) is 0. The summed E-state index contributed by atoms with van der Waals surface area (Å²) in [5.41, 5.74) is 0. The summed E-state index contributed by atoms with van der Waals surface area (Å²) >= 11 is 0. The maximum absolute atomic E-state index is 0. The number of hydrogen-bond donors (Lipinski definition) is 0. The molecule has 0 fully saturated rings. The van der Waals surface area contributed by atoms with E-state index in [4.69, 9.17) is 0 Å². The van der Waals surface area contributed by atoms with Crippen molar-refractivity contribution in [3.63, 3.8) is 0 Å². The van der Waals surface area contributed by atoms with Gasteiger partial charge in [0.1, 0.15) is 0 Å². The zero-order valence-electron chi connectivity index (χ0n) is 3.96. The van der Waals surface area contributed by atoms with Gasteiger partial charge in [0, 0.05) is 0 Å². The third-order valence-corrected chi connectivity index (χ3v) is 0. The Hall–Kier alpha value is 1.80. The molecular weight excluding hydrogens is 127 g/mol. The Labute approximate surface area is 70.2 Å². The van der Waals surface area contributed by atoms with Crippen molar-refractivity contribution < 1.29 is 33.1 Å². The molecule has 0 radical (unpaired) electrons. The zero-order valence-corrected chi connectivity index (χ0v) is 5.68. The molecule has 4 heavy (non-hydrogen) atoms. The molecule has 0 heterocycles. The second-order valence-electron chi connectivity index (χ2n) is 0. The Balaban J connectivity index is 0. The summed E-state index contributed by atoms with van der Waals surface area (Å²) in [7, 11) is 0. The Kier molecular flexibility index (Phi) is 221. The Morgan fingerprint density at radius 1 is 1.00 bits per heavy atom. The molecule has 0 saturated heterocycles. The van der Waals surface area contributed by atoms with Crippen LogP contribution in [0.5, 0.6) is 0 Å². The molecule has 0 aromatic rings. The zero-order chi connectivity index (χ0) is 0. The fourth-order valence-electron chi connectivity index (χ4n) is 0. The molecule has 4 heteroatoms. The van der Waals surface area contributed by atoms with Crippen molar-refractivity contribution >= 4 is 37.7 Å². The second-order valence-corrected chi connectivity index (χ2v) is 0. The van der Waals surface area contributed by atoms with Crippen molar-refractivity contribution in [2.24, 2.45) is 0 Å². The minimum atomic E-state index is 0. The molecule has 0 aliphatic rings. The van der Waals surface area contributed by atoms with Gasteiger partial charge in [-0.15, -0.1) is 0 Å². The SMILES string of the molecule is O.[Ca+2].[Cl-].[Cl-].[H-].[H-]. The van der Waals surface area contributed by atoms with Gasteiger partial charge in [-0.1, -0.05) is 0 Å². The fourth-order valence-corrected chi connectivity index (χ4v) is 0. The van der Waals surface area contributed by atoms with Crippen LogP contribution in [0.1, 0.15) is 2.85 Å². The van der Waals surface area contributed by atoms with Gasteiger partial charge in [-0.3, -0.25) is 0 Å². The number of halogens is 2. The minimum absolute atomic E-state index is 0. The average Bonchev–Trinajstić information content (AvgIpc) is 0. The standard InChI is InChI=1S/Ca.2ClH.H2O.2H/h;2*1H;1H2;;/q+2;;;;2*-1/p-2. The van der Waals surface area contributed by atoms with E-state index in [1.54, 1.807) is 0 Å². The van der Waals surface area contributed by atoms with E-state index in [1.165, 1.54) is 0 Å². The van der Waals surface area contributed by atoms with Gasteiger partial charge in [-0.05, 0) is 0 Å². The second kappa shape index (κ2) is 21.4. The van der Waals surface area contributed by atoms with E-state index >= 15 is 0 Å². The molecule has 1 nitrogen and oxygen atoms in total. The molecule has 2 N–H and O–H groups in total. The van der Waals surface area contributed by atoms with Crippen LogP contribution < -0.4 is 24.8 Å². The summed E-state index contributed by atoms with van der Waals surface area (Å²) in [6.07, 6.45) is 0. The van der Waals surface area contributed by atoms with Crippen LogP contribution >= 0.6 is 0 Å². The first-order valence-electron chi connectivity index (χ1n) is 0. The van der Waals surface area contributed by atoms with Gasteiger partial charge in [-0.25, -0.2) is 0 Å². The minimum Gasteiger partial charge on any atom is -1.00 e. The molecule has 0 atom stereocenters. The van der Waals surface area contributed by atoms with Gasteiger partial charge in [0.05, 0.1) is 0 Å². The maximum Gasteiger partial charge on any atom is 2.00 e. The van der Waals surface area contributed by atoms with Crippen LogP contribution in [0.25, 0.3) is 0 Å². The Bertz CT molecular complexity index is 11.5. The van der Waals surface area contributed by atoms with E-state index < -0.39 is 0 Å². The molecule has 0 unspecified atom stereocenters. The van der Waals surface area contributed by atoms with E-state index in [9.17, 15) is 0 Å². The van der Waals surface area contributed by atoms with Crippen LogP contribution in [0.4, 0.5) is 0 Å². The smallest absolute Gasteiger partial charge is 1.00 e. The molecule has 28 valence electrons. The van der Waals surface area contributed by atoms with E-state index in [1.807, 2.05) is 0 Å². The van der Waals surface area contributed by atoms with E-state index in [0.29, 0.717) is 0 Å². The van der Waals surface area contributed by atoms with Crippen LogP contribution in [0.2, 0.25) is 0 Å². The van der Waals surface area contributed by atoms with E-state index in [2.05, 4.69) is 0 Å². The third kappa shape index (κ3) is 9.20. The van der Waals surface area contributed by atoms with E-state index in [0.717, 1.165) is 0 Å². The largest absolute Gasteiger partial charge is 2.00 e. The third-order valence-electron chi connectivity index (χ3n) is 0. The van der Waals surface area contributed by atoms with Crippen LogP contribution in [-0.4, -0.2) is 43.2 Å². The molecular formula is H4CaCl2O-2. The monoisotopic (exact) mass is 130 g/mol. The van der Waals surface area contributed by atoms with Crippen LogP contribution in [-0.2, 0) is 0 Å². The first-order chi connectivity index (χ1) is 0. The van der Waals surface area contributed by atoms with Gasteiger partial charge >= 0.3 is 37.7 Å². The van der Waals surface area contributed by atoms with Crippen molar-refractivity contribution in [2.45, 2.75) is 0 Å². The van der Waals surface area contributed by atoms with Crippen LogP contribution in [0.3, 0.4) is 0 Å². The molecule has 0 spiro atoms. The van der Waals surface area contributed by atoms with Crippen molar-refractivity contribution in [3.8, 4) is 0 Å². The predicted octanol–water partition coefficient (Wildman–Crippen LogP) is -6.97. The van der Waals surface area contributed by atoms with Crippen molar-refractivity contribution in [1.82, 2.24) is 0 Å². The maximum atomic E-state index is 0. The van der Waals surface area contributed by atoms with Gasteiger partial charge < -0.3 is 33.1 Å².